The van der Waals surface area contributed by atoms with Crippen LogP contribution in [0.5, 0.6) is 5.75 Å². The minimum absolute atomic E-state index is 0.0842. The molecule has 27 heavy (non-hydrogen) atoms. The second-order valence-electron chi connectivity index (χ2n) is 7.40. The van der Waals surface area contributed by atoms with Gasteiger partial charge in [-0.15, -0.1) is 0 Å². The summed E-state index contributed by atoms with van der Waals surface area (Å²) in [6.07, 6.45) is 2.46. The molecule has 0 bridgehead atoms. The van der Waals surface area contributed by atoms with E-state index >= 15 is 0 Å². The molecule has 0 spiro atoms. The summed E-state index contributed by atoms with van der Waals surface area (Å²) in [5.41, 5.74) is 1.93. The molecule has 4 rings (SSSR count). The highest BCUT2D eigenvalue weighted by Crippen LogP contribution is 2.29. The minimum Gasteiger partial charge on any atom is -0.507 e. The van der Waals surface area contributed by atoms with Gasteiger partial charge in [-0.25, -0.2) is 4.79 Å². The van der Waals surface area contributed by atoms with Crippen LogP contribution < -0.4 is 5.63 Å². The van der Waals surface area contributed by atoms with Crippen molar-refractivity contribution >= 4 is 0 Å². The van der Waals surface area contributed by atoms with Crippen molar-refractivity contribution < 1.29 is 14.3 Å². The number of rotatable bonds is 5. The SMILES string of the molecule is O=c1occ(CN2CCOCC2)c(O)c1CN1CC[C@@H](c2ccccc2)C1. The van der Waals surface area contributed by atoms with Crippen LogP contribution in [0.4, 0.5) is 0 Å². The van der Waals surface area contributed by atoms with Crippen LogP contribution in [0.3, 0.4) is 0 Å². The molecule has 3 heterocycles. The molecule has 1 atom stereocenters. The van der Waals surface area contributed by atoms with Crippen molar-refractivity contribution in [3.63, 3.8) is 0 Å². The lowest BCUT2D eigenvalue weighted by Crippen LogP contribution is -2.35. The predicted octanol–water partition coefficient (Wildman–Crippen LogP) is 2.17. The smallest absolute Gasteiger partial charge is 0.343 e. The van der Waals surface area contributed by atoms with Crippen molar-refractivity contribution in [1.82, 2.24) is 9.80 Å². The quantitative estimate of drug-likeness (QED) is 0.870. The molecular formula is C21H26N2O4. The van der Waals surface area contributed by atoms with E-state index in [0.29, 0.717) is 43.3 Å². The number of morpholine rings is 1. The Morgan fingerprint density at radius 1 is 1.04 bits per heavy atom. The molecule has 6 heteroatoms. The number of ether oxygens (including phenoxy) is 1. The molecule has 2 fully saturated rings. The average molecular weight is 370 g/mol. The van der Waals surface area contributed by atoms with Gasteiger partial charge in [0.25, 0.3) is 0 Å². The third kappa shape index (κ3) is 4.24. The van der Waals surface area contributed by atoms with Crippen LogP contribution in [0.15, 0.2) is 45.8 Å². The van der Waals surface area contributed by atoms with E-state index in [9.17, 15) is 9.90 Å². The van der Waals surface area contributed by atoms with Gasteiger partial charge in [0.2, 0.25) is 0 Å². The molecule has 144 valence electrons. The molecule has 2 aromatic rings. The van der Waals surface area contributed by atoms with E-state index < -0.39 is 5.63 Å². The minimum atomic E-state index is -0.443. The summed E-state index contributed by atoms with van der Waals surface area (Å²) in [5.74, 6) is 0.554. The van der Waals surface area contributed by atoms with E-state index in [0.717, 1.165) is 32.6 Å². The van der Waals surface area contributed by atoms with Crippen LogP contribution in [0.25, 0.3) is 0 Å². The van der Waals surface area contributed by atoms with Crippen molar-refractivity contribution in [1.29, 1.82) is 0 Å². The zero-order valence-electron chi connectivity index (χ0n) is 15.5. The first-order chi connectivity index (χ1) is 13.2. The van der Waals surface area contributed by atoms with E-state index in [1.54, 1.807) is 0 Å². The Morgan fingerprint density at radius 3 is 2.59 bits per heavy atom. The number of hydrogen-bond donors (Lipinski definition) is 1. The number of likely N-dealkylation sites (tertiary alicyclic amines) is 1. The topological polar surface area (TPSA) is 66.2 Å². The maximum atomic E-state index is 12.2. The Labute approximate surface area is 159 Å². The van der Waals surface area contributed by atoms with E-state index in [4.69, 9.17) is 9.15 Å². The highest BCUT2D eigenvalue weighted by Gasteiger charge is 2.26. The zero-order valence-corrected chi connectivity index (χ0v) is 15.5. The number of aromatic hydroxyl groups is 1. The van der Waals surface area contributed by atoms with Crippen LogP contribution in [-0.4, -0.2) is 54.3 Å². The lowest BCUT2D eigenvalue weighted by Gasteiger charge is -2.26. The fourth-order valence-corrected chi connectivity index (χ4v) is 3.99. The van der Waals surface area contributed by atoms with Gasteiger partial charge in [0.1, 0.15) is 12.0 Å². The second-order valence-corrected chi connectivity index (χ2v) is 7.40. The Balaban J connectivity index is 1.45. The summed E-state index contributed by atoms with van der Waals surface area (Å²) < 4.78 is 10.6. The first kappa shape index (κ1) is 18.2. The summed E-state index contributed by atoms with van der Waals surface area (Å²) in [6, 6.07) is 10.5. The first-order valence-corrected chi connectivity index (χ1v) is 9.60. The lowest BCUT2D eigenvalue weighted by atomic mass is 9.99. The summed E-state index contributed by atoms with van der Waals surface area (Å²) in [5, 5.41) is 10.7. The van der Waals surface area contributed by atoms with Crippen LogP contribution in [0.1, 0.15) is 29.0 Å². The van der Waals surface area contributed by atoms with Gasteiger partial charge in [-0.3, -0.25) is 9.80 Å². The van der Waals surface area contributed by atoms with Crippen molar-refractivity contribution in [3.8, 4) is 5.75 Å². The molecule has 0 unspecified atom stereocenters. The maximum absolute atomic E-state index is 12.2. The van der Waals surface area contributed by atoms with E-state index in [1.807, 2.05) is 6.07 Å². The Hall–Kier alpha value is -2.15. The highest BCUT2D eigenvalue weighted by atomic mass is 16.5. The van der Waals surface area contributed by atoms with Gasteiger partial charge >= 0.3 is 5.63 Å². The molecule has 0 saturated carbocycles. The van der Waals surface area contributed by atoms with Crippen LogP contribution in [-0.2, 0) is 17.8 Å². The summed E-state index contributed by atoms with van der Waals surface area (Å²) >= 11 is 0. The molecular weight excluding hydrogens is 344 g/mol. The van der Waals surface area contributed by atoms with Gasteiger partial charge in [0, 0.05) is 38.3 Å². The molecule has 6 nitrogen and oxygen atoms in total. The third-order valence-corrected chi connectivity index (χ3v) is 5.57. The first-order valence-electron chi connectivity index (χ1n) is 9.60. The molecule has 1 N–H and O–H groups in total. The predicted molar refractivity (Wildman–Crippen MR) is 102 cm³/mol. The normalized spacial score (nSPS) is 21.6. The van der Waals surface area contributed by atoms with E-state index in [-0.39, 0.29) is 5.75 Å². The molecule has 0 aliphatic carbocycles. The van der Waals surface area contributed by atoms with Gasteiger partial charge in [-0.1, -0.05) is 30.3 Å². The van der Waals surface area contributed by atoms with E-state index in [2.05, 4.69) is 34.1 Å². The van der Waals surface area contributed by atoms with Crippen LogP contribution in [0, 0.1) is 0 Å². The fourth-order valence-electron chi connectivity index (χ4n) is 3.99. The van der Waals surface area contributed by atoms with Gasteiger partial charge < -0.3 is 14.3 Å². The van der Waals surface area contributed by atoms with Crippen LogP contribution >= 0.6 is 0 Å². The number of hydrogen-bond acceptors (Lipinski definition) is 6. The molecule has 2 saturated heterocycles. The van der Waals surface area contributed by atoms with Crippen molar-refractivity contribution in [3.05, 3.63) is 63.7 Å². The van der Waals surface area contributed by atoms with Crippen molar-refractivity contribution in [2.75, 3.05) is 39.4 Å². The van der Waals surface area contributed by atoms with E-state index in [1.165, 1.54) is 11.8 Å². The summed E-state index contributed by atoms with van der Waals surface area (Å²) in [4.78, 5) is 16.7. The number of benzene rings is 1. The number of nitrogens with zero attached hydrogens (tertiary/aromatic N) is 2. The maximum Gasteiger partial charge on any atom is 0.343 e. The molecule has 0 radical (unpaired) electrons. The second kappa shape index (κ2) is 8.25. The molecule has 0 amide bonds. The average Bonchev–Trinajstić information content (AvgIpc) is 3.18. The Morgan fingerprint density at radius 2 is 1.81 bits per heavy atom. The van der Waals surface area contributed by atoms with Crippen molar-refractivity contribution in [2.45, 2.75) is 25.4 Å². The van der Waals surface area contributed by atoms with Gasteiger partial charge in [-0.2, -0.15) is 0 Å². The molecule has 2 aliphatic rings. The molecule has 1 aromatic heterocycles. The van der Waals surface area contributed by atoms with Gasteiger partial charge in [-0.05, 0) is 24.4 Å². The molecule has 2 aliphatic heterocycles. The largest absolute Gasteiger partial charge is 0.507 e. The van der Waals surface area contributed by atoms with Crippen molar-refractivity contribution in [2.24, 2.45) is 0 Å². The van der Waals surface area contributed by atoms with Gasteiger partial charge in [0.05, 0.1) is 18.8 Å². The highest BCUT2D eigenvalue weighted by molar-refractivity contribution is 5.36. The summed E-state index contributed by atoms with van der Waals surface area (Å²) in [7, 11) is 0. The standard InChI is InChI=1S/C21H26N2O4/c24-20-18(13-22-8-10-26-11-9-22)15-27-21(25)19(20)14-23-7-6-17(12-23)16-4-2-1-3-5-16/h1-5,15,17,24H,6-14H2/t17-/m1/s1. The van der Waals surface area contributed by atoms with Gasteiger partial charge in [0.15, 0.2) is 0 Å². The molecule has 1 aromatic carbocycles. The monoisotopic (exact) mass is 370 g/mol. The lowest BCUT2D eigenvalue weighted by molar-refractivity contribution is 0.0335. The fraction of sp³-hybridized carbons (Fsp3) is 0.476. The Bertz CT molecular complexity index is 815. The Kier molecular flexibility index (Phi) is 5.57. The summed E-state index contributed by atoms with van der Waals surface area (Å²) in [6.45, 7) is 5.81. The third-order valence-electron chi connectivity index (χ3n) is 5.57. The van der Waals surface area contributed by atoms with Crippen LogP contribution in [0.2, 0.25) is 0 Å². The zero-order chi connectivity index (χ0) is 18.6.